The first-order chi connectivity index (χ1) is 10.8. The van der Waals surface area contributed by atoms with Crippen LogP contribution in [0.4, 0.5) is 0 Å². The average molecular weight is 303 g/mol. The van der Waals surface area contributed by atoms with E-state index in [0.717, 1.165) is 51.4 Å². The molecule has 1 aromatic heterocycles. The van der Waals surface area contributed by atoms with Crippen molar-refractivity contribution in [1.82, 2.24) is 14.5 Å². The number of hydrogen-bond acceptors (Lipinski definition) is 3. The van der Waals surface area contributed by atoms with E-state index in [1.54, 1.807) is 0 Å². The van der Waals surface area contributed by atoms with E-state index >= 15 is 0 Å². The van der Waals surface area contributed by atoms with Gasteiger partial charge in [0.25, 0.3) is 0 Å². The summed E-state index contributed by atoms with van der Waals surface area (Å²) in [5.74, 6) is 3.03. The Kier molecular flexibility index (Phi) is 3.90. The van der Waals surface area contributed by atoms with Gasteiger partial charge in [0.2, 0.25) is 5.91 Å². The van der Waals surface area contributed by atoms with Crippen molar-refractivity contribution < 1.29 is 9.53 Å². The summed E-state index contributed by atoms with van der Waals surface area (Å²) in [7, 11) is 0. The van der Waals surface area contributed by atoms with Gasteiger partial charge >= 0.3 is 0 Å². The number of amides is 1. The van der Waals surface area contributed by atoms with Crippen LogP contribution in [-0.4, -0.2) is 46.7 Å². The van der Waals surface area contributed by atoms with Gasteiger partial charge in [-0.05, 0) is 38.0 Å². The van der Waals surface area contributed by atoms with Gasteiger partial charge in [-0.15, -0.1) is 0 Å². The quantitative estimate of drug-likeness (QED) is 0.855. The molecule has 5 nitrogen and oxygen atoms in total. The van der Waals surface area contributed by atoms with Crippen LogP contribution < -0.4 is 0 Å². The first-order valence-corrected chi connectivity index (χ1v) is 8.69. The van der Waals surface area contributed by atoms with Crippen molar-refractivity contribution in [3.8, 4) is 0 Å². The molecule has 5 heteroatoms. The molecule has 0 radical (unpaired) electrons. The van der Waals surface area contributed by atoms with Gasteiger partial charge in [0.15, 0.2) is 0 Å². The first kappa shape index (κ1) is 14.2. The van der Waals surface area contributed by atoms with Crippen molar-refractivity contribution >= 4 is 5.91 Å². The normalized spacial score (nSPS) is 26.5. The summed E-state index contributed by atoms with van der Waals surface area (Å²) in [6.45, 7) is 4.23. The van der Waals surface area contributed by atoms with Crippen molar-refractivity contribution in [2.24, 2.45) is 11.8 Å². The molecule has 3 fully saturated rings. The molecule has 22 heavy (non-hydrogen) atoms. The second-order valence-corrected chi connectivity index (χ2v) is 7.04. The Balaban J connectivity index is 1.35. The lowest BCUT2D eigenvalue weighted by Gasteiger charge is -2.33. The standard InChI is InChI=1S/C17H25N3O2/c21-17(15-5-10-22-12-15)19-7-3-14(4-8-19)16-18-6-9-20(16)11-13-1-2-13/h6,9,13-15H,1-5,7-8,10-12H2/t15-/m1/s1. The highest BCUT2D eigenvalue weighted by Gasteiger charge is 2.32. The Hall–Kier alpha value is -1.36. The van der Waals surface area contributed by atoms with Crippen molar-refractivity contribution in [2.75, 3.05) is 26.3 Å². The zero-order chi connectivity index (χ0) is 14.9. The molecule has 4 rings (SSSR count). The number of carbonyl (C=O) groups is 1. The summed E-state index contributed by atoms with van der Waals surface area (Å²) >= 11 is 0. The number of ether oxygens (including phenoxy) is 1. The van der Waals surface area contributed by atoms with Crippen LogP contribution >= 0.6 is 0 Å². The Bertz CT molecular complexity index is 524. The highest BCUT2D eigenvalue weighted by molar-refractivity contribution is 5.79. The molecule has 3 aliphatic rings. The van der Waals surface area contributed by atoms with E-state index in [2.05, 4.69) is 15.7 Å². The summed E-state index contributed by atoms with van der Waals surface area (Å²) in [6.07, 6.45) is 9.78. The fourth-order valence-corrected chi connectivity index (χ4v) is 3.76. The lowest BCUT2D eigenvalue weighted by atomic mass is 9.94. The van der Waals surface area contributed by atoms with Crippen LogP contribution in [0.5, 0.6) is 0 Å². The molecule has 1 amide bonds. The summed E-state index contributed by atoms with van der Waals surface area (Å²) in [4.78, 5) is 19.1. The van der Waals surface area contributed by atoms with Crippen LogP contribution in [0.1, 0.15) is 43.8 Å². The molecule has 1 atom stereocenters. The van der Waals surface area contributed by atoms with Crippen LogP contribution in [0.3, 0.4) is 0 Å². The number of likely N-dealkylation sites (tertiary alicyclic amines) is 1. The van der Waals surface area contributed by atoms with Gasteiger partial charge in [-0.25, -0.2) is 4.98 Å². The van der Waals surface area contributed by atoms with Crippen molar-refractivity contribution in [3.05, 3.63) is 18.2 Å². The topological polar surface area (TPSA) is 47.4 Å². The van der Waals surface area contributed by atoms with Gasteiger partial charge in [-0.2, -0.15) is 0 Å². The number of carbonyl (C=O) groups excluding carboxylic acids is 1. The van der Waals surface area contributed by atoms with Crippen molar-refractivity contribution in [2.45, 2.75) is 44.6 Å². The SMILES string of the molecule is O=C([C@@H]1CCOC1)N1CCC(c2nccn2CC2CC2)CC1. The Labute approximate surface area is 131 Å². The molecular weight excluding hydrogens is 278 g/mol. The minimum atomic E-state index is 0.105. The summed E-state index contributed by atoms with van der Waals surface area (Å²) in [5, 5.41) is 0. The smallest absolute Gasteiger partial charge is 0.228 e. The van der Waals surface area contributed by atoms with Crippen LogP contribution in [0, 0.1) is 11.8 Å². The molecular formula is C17H25N3O2. The maximum atomic E-state index is 12.4. The van der Waals surface area contributed by atoms with Gasteiger partial charge in [0.1, 0.15) is 5.82 Å². The van der Waals surface area contributed by atoms with E-state index in [-0.39, 0.29) is 5.92 Å². The first-order valence-electron chi connectivity index (χ1n) is 8.69. The minimum Gasteiger partial charge on any atom is -0.381 e. The van der Waals surface area contributed by atoms with E-state index in [9.17, 15) is 4.79 Å². The molecule has 2 aliphatic heterocycles. The molecule has 0 N–H and O–H groups in total. The van der Waals surface area contributed by atoms with Gasteiger partial charge in [0, 0.05) is 44.6 Å². The third-order valence-corrected chi connectivity index (χ3v) is 5.35. The van der Waals surface area contributed by atoms with Crippen molar-refractivity contribution in [1.29, 1.82) is 0 Å². The Morgan fingerprint density at radius 3 is 2.73 bits per heavy atom. The number of rotatable bonds is 4. The van der Waals surface area contributed by atoms with E-state index in [1.807, 2.05) is 11.1 Å². The molecule has 0 unspecified atom stereocenters. The lowest BCUT2D eigenvalue weighted by molar-refractivity contribution is -0.136. The predicted molar refractivity (Wildman–Crippen MR) is 82.4 cm³/mol. The van der Waals surface area contributed by atoms with Crippen LogP contribution in [0.25, 0.3) is 0 Å². The molecule has 1 aliphatic carbocycles. The fourth-order valence-electron chi connectivity index (χ4n) is 3.76. The number of hydrogen-bond donors (Lipinski definition) is 0. The fraction of sp³-hybridized carbons (Fsp3) is 0.765. The second-order valence-electron chi connectivity index (χ2n) is 7.04. The summed E-state index contributed by atoms with van der Waals surface area (Å²) in [6, 6.07) is 0. The highest BCUT2D eigenvalue weighted by Crippen LogP contribution is 2.33. The lowest BCUT2D eigenvalue weighted by Crippen LogP contribution is -2.41. The number of nitrogens with zero attached hydrogens (tertiary/aromatic N) is 3. The molecule has 120 valence electrons. The molecule has 0 aromatic carbocycles. The largest absolute Gasteiger partial charge is 0.381 e. The molecule has 3 heterocycles. The Morgan fingerprint density at radius 2 is 2.05 bits per heavy atom. The van der Waals surface area contributed by atoms with E-state index in [4.69, 9.17) is 4.74 Å². The van der Waals surface area contributed by atoms with E-state index in [1.165, 1.54) is 18.7 Å². The molecule has 2 saturated heterocycles. The van der Waals surface area contributed by atoms with Crippen LogP contribution in [0.15, 0.2) is 12.4 Å². The molecule has 0 spiro atoms. The second kappa shape index (κ2) is 6.03. The summed E-state index contributed by atoms with van der Waals surface area (Å²) < 4.78 is 7.70. The highest BCUT2D eigenvalue weighted by atomic mass is 16.5. The third-order valence-electron chi connectivity index (χ3n) is 5.35. The zero-order valence-corrected chi connectivity index (χ0v) is 13.1. The third kappa shape index (κ3) is 2.91. The van der Waals surface area contributed by atoms with Gasteiger partial charge in [0.05, 0.1) is 12.5 Å². The maximum Gasteiger partial charge on any atom is 0.228 e. The summed E-state index contributed by atoms with van der Waals surface area (Å²) in [5.41, 5.74) is 0. The van der Waals surface area contributed by atoms with E-state index in [0.29, 0.717) is 18.4 Å². The van der Waals surface area contributed by atoms with Gasteiger partial charge in [-0.3, -0.25) is 4.79 Å². The minimum absolute atomic E-state index is 0.105. The van der Waals surface area contributed by atoms with Gasteiger partial charge < -0.3 is 14.2 Å². The molecule has 1 aromatic rings. The predicted octanol–water partition coefficient (Wildman–Crippen LogP) is 2.04. The van der Waals surface area contributed by atoms with Gasteiger partial charge in [-0.1, -0.05) is 0 Å². The maximum absolute atomic E-state index is 12.4. The van der Waals surface area contributed by atoms with Crippen LogP contribution in [-0.2, 0) is 16.1 Å². The number of imidazole rings is 1. The molecule has 1 saturated carbocycles. The Morgan fingerprint density at radius 1 is 1.23 bits per heavy atom. The monoisotopic (exact) mass is 303 g/mol. The number of aromatic nitrogens is 2. The molecule has 0 bridgehead atoms. The average Bonchev–Trinajstić information content (AvgIpc) is 3.04. The zero-order valence-electron chi connectivity index (χ0n) is 13.1. The van der Waals surface area contributed by atoms with E-state index < -0.39 is 0 Å². The van der Waals surface area contributed by atoms with Crippen LogP contribution in [0.2, 0.25) is 0 Å². The number of piperidine rings is 1. The van der Waals surface area contributed by atoms with Crippen molar-refractivity contribution in [3.63, 3.8) is 0 Å².